The van der Waals surface area contributed by atoms with Gasteiger partial charge in [0.2, 0.25) is 5.82 Å². The summed E-state index contributed by atoms with van der Waals surface area (Å²) in [5.74, 6) is 1.63. The molecular formula is C12H20N4O. The molecule has 1 fully saturated rings. The Bertz CT molecular complexity index is 401. The minimum Gasteiger partial charge on any atom is -0.349 e. The van der Waals surface area contributed by atoms with Gasteiger partial charge in [-0.3, -0.25) is 9.89 Å². The number of aromatic amines is 1. The Morgan fingerprint density at radius 1 is 1.47 bits per heavy atom. The van der Waals surface area contributed by atoms with Crippen molar-refractivity contribution in [2.75, 3.05) is 6.54 Å². The van der Waals surface area contributed by atoms with Crippen LogP contribution in [0.1, 0.15) is 56.5 Å². The van der Waals surface area contributed by atoms with E-state index in [0.29, 0.717) is 0 Å². The van der Waals surface area contributed by atoms with Crippen LogP contribution in [0, 0.1) is 5.92 Å². The second-order valence-electron chi connectivity index (χ2n) is 5.75. The van der Waals surface area contributed by atoms with Gasteiger partial charge in [0.1, 0.15) is 5.82 Å². The summed E-state index contributed by atoms with van der Waals surface area (Å²) in [6.45, 7) is 6.82. The molecule has 2 N–H and O–H groups in total. The van der Waals surface area contributed by atoms with Crippen LogP contribution in [0.25, 0.3) is 0 Å². The fourth-order valence-corrected chi connectivity index (χ4v) is 1.57. The van der Waals surface area contributed by atoms with E-state index in [4.69, 9.17) is 0 Å². The van der Waals surface area contributed by atoms with E-state index in [0.717, 1.165) is 24.7 Å². The zero-order valence-electron chi connectivity index (χ0n) is 10.7. The Morgan fingerprint density at radius 2 is 2.18 bits per heavy atom. The number of amides is 1. The zero-order valence-corrected chi connectivity index (χ0v) is 10.7. The lowest BCUT2D eigenvalue weighted by Crippen LogP contribution is -2.26. The third-order valence-electron chi connectivity index (χ3n) is 2.93. The predicted molar refractivity (Wildman–Crippen MR) is 64.8 cm³/mol. The van der Waals surface area contributed by atoms with E-state index in [1.165, 1.54) is 12.8 Å². The first-order chi connectivity index (χ1) is 7.97. The van der Waals surface area contributed by atoms with Crippen molar-refractivity contribution in [2.45, 2.75) is 45.4 Å². The van der Waals surface area contributed by atoms with Crippen LogP contribution >= 0.6 is 0 Å². The van der Waals surface area contributed by atoms with Crippen LogP contribution in [0.3, 0.4) is 0 Å². The largest absolute Gasteiger partial charge is 0.349 e. The van der Waals surface area contributed by atoms with Crippen molar-refractivity contribution in [3.63, 3.8) is 0 Å². The molecule has 1 aromatic rings. The lowest BCUT2D eigenvalue weighted by Gasteiger charge is -2.12. The van der Waals surface area contributed by atoms with Gasteiger partial charge < -0.3 is 5.32 Å². The lowest BCUT2D eigenvalue weighted by molar-refractivity contribution is 0.0942. The number of aromatic nitrogens is 3. The van der Waals surface area contributed by atoms with Crippen molar-refractivity contribution in [1.29, 1.82) is 0 Å². The topological polar surface area (TPSA) is 70.7 Å². The quantitative estimate of drug-likeness (QED) is 0.834. The molecule has 17 heavy (non-hydrogen) atoms. The maximum atomic E-state index is 11.7. The molecule has 1 aliphatic carbocycles. The van der Waals surface area contributed by atoms with Crippen LogP contribution in [0.15, 0.2) is 0 Å². The molecule has 0 aromatic carbocycles. The number of nitrogens with zero attached hydrogens (tertiary/aromatic N) is 2. The van der Waals surface area contributed by atoms with Gasteiger partial charge in [-0.1, -0.05) is 33.6 Å². The fraction of sp³-hybridized carbons (Fsp3) is 0.750. The van der Waals surface area contributed by atoms with Crippen LogP contribution < -0.4 is 5.32 Å². The molecule has 0 atom stereocenters. The molecule has 5 heteroatoms. The highest BCUT2D eigenvalue weighted by Gasteiger charge is 2.23. The van der Waals surface area contributed by atoms with E-state index in [2.05, 4.69) is 20.5 Å². The van der Waals surface area contributed by atoms with Gasteiger partial charge >= 0.3 is 0 Å². The van der Waals surface area contributed by atoms with Gasteiger partial charge in [0, 0.05) is 12.0 Å². The van der Waals surface area contributed by atoms with Crippen molar-refractivity contribution in [1.82, 2.24) is 20.5 Å². The first-order valence-corrected chi connectivity index (χ1v) is 6.18. The molecule has 1 heterocycles. The minimum absolute atomic E-state index is 0.112. The summed E-state index contributed by atoms with van der Waals surface area (Å²) in [5.41, 5.74) is -0.112. The monoisotopic (exact) mass is 236 g/mol. The van der Waals surface area contributed by atoms with Crippen molar-refractivity contribution >= 4 is 5.91 Å². The fourth-order valence-electron chi connectivity index (χ4n) is 1.57. The van der Waals surface area contributed by atoms with E-state index in [1.54, 1.807) is 0 Å². The average molecular weight is 236 g/mol. The zero-order chi connectivity index (χ0) is 12.5. The number of hydrogen-bond acceptors (Lipinski definition) is 3. The molecule has 1 saturated carbocycles. The highest BCUT2D eigenvalue weighted by Crippen LogP contribution is 2.31. The third-order valence-corrected chi connectivity index (χ3v) is 2.93. The van der Waals surface area contributed by atoms with Crippen molar-refractivity contribution in [2.24, 2.45) is 5.92 Å². The first-order valence-electron chi connectivity index (χ1n) is 6.18. The van der Waals surface area contributed by atoms with Gasteiger partial charge in [0.05, 0.1) is 0 Å². The van der Waals surface area contributed by atoms with Crippen molar-refractivity contribution < 1.29 is 4.79 Å². The number of hydrogen-bond donors (Lipinski definition) is 2. The summed E-state index contributed by atoms with van der Waals surface area (Å²) in [7, 11) is 0. The van der Waals surface area contributed by atoms with Gasteiger partial charge in [-0.25, -0.2) is 4.98 Å². The Balaban J connectivity index is 1.87. The van der Waals surface area contributed by atoms with Crippen LogP contribution in [-0.2, 0) is 5.41 Å². The molecule has 1 aliphatic rings. The summed E-state index contributed by atoms with van der Waals surface area (Å²) in [6.07, 6.45) is 3.69. The minimum atomic E-state index is -0.183. The van der Waals surface area contributed by atoms with Crippen LogP contribution in [0.5, 0.6) is 0 Å². The summed E-state index contributed by atoms with van der Waals surface area (Å²) in [5, 5.41) is 9.62. The molecule has 5 nitrogen and oxygen atoms in total. The Labute approximate surface area is 101 Å². The van der Waals surface area contributed by atoms with E-state index < -0.39 is 0 Å². The number of rotatable bonds is 4. The summed E-state index contributed by atoms with van der Waals surface area (Å²) in [4.78, 5) is 15.9. The van der Waals surface area contributed by atoms with Crippen molar-refractivity contribution in [3.05, 3.63) is 11.6 Å². The van der Waals surface area contributed by atoms with E-state index in [9.17, 15) is 4.79 Å². The van der Waals surface area contributed by atoms with Gasteiger partial charge in [-0.15, -0.1) is 5.10 Å². The Morgan fingerprint density at radius 3 is 2.71 bits per heavy atom. The van der Waals surface area contributed by atoms with Crippen LogP contribution in [0.2, 0.25) is 0 Å². The predicted octanol–water partition coefficient (Wildman–Crippen LogP) is 1.63. The molecule has 1 aromatic heterocycles. The highest BCUT2D eigenvalue weighted by atomic mass is 16.2. The van der Waals surface area contributed by atoms with Gasteiger partial charge in [0.25, 0.3) is 5.91 Å². The van der Waals surface area contributed by atoms with Crippen LogP contribution in [0.4, 0.5) is 0 Å². The highest BCUT2D eigenvalue weighted by molar-refractivity contribution is 5.90. The number of nitrogens with one attached hydrogen (secondary N) is 2. The number of H-pyrrole nitrogens is 1. The van der Waals surface area contributed by atoms with E-state index in [-0.39, 0.29) is 17.1 Å². The maximum absolute atomic E-state index is 11.7. The van der Waals surface area contributed by atoms with Gasteiger partial charge in [-0.2, -0.15) is 0 Å². The normalized spacial score (nSPS) is 15.9. The molecule has 0 spiro atoms. The van der Waals surface area contributed by atoms with Crippen LogP contribution in [-0.4, -0.2) is 27.6 Å². The molecule has 94 valence electrons. The summed E-state index contributed by atoms with van der Waals surface area (Å²) < 4.78 is 0. The molecular weight excluding hydrogens is 216 g/mol. The molecule has 1 amide bonds. The van der Waals surface area contributed by atoms with E-state index >= 15 is 0 Å². The molecule has 0 radical (unpaired) electrons. The van der Waals surface area contributed by atoms with E-state index in [1.807, 2.05) is 20.8 Å². The lowest BCUT2D eigenvalue weighted by atomic mass is 9.96. The second kappa shape index (κ2) is 4.47. The number of carbonyl (C=O) groups excluding carboxylic acids is 1. The van der Waals surface area contributed by atoms with Crippen molar-refractivity contribution in [3.8, 4) is 0 Å². The molecule has 0 saturated heterocycles. The smallest absolute Gasteiger partial charge is 0.290 e. The third kappa shape index (κ3) is 3.28. The average Bonchev–Trinajstić information content (AvgIpc) is 2.91. The molecule has 0 bridgehead atoms. The van der Waals surface area contributed by atoms with Gasteiger partial charge in [0.15, 0.2) is 0 Å². The number of carbonyl (C=O) groups is 1. The molecule has 2 rings (SSSR count). The maximum Gasteiger partial charge on any atom is 0.290 e. The Hall–Kier alpha value is -1.39. The summed E-state index contributed by atoms with van der Waals surface area (Å²) in [6, 6.07) is 0. The van der Waals surface area contributed by atoms with Gasteiger partial charge in [-0.05, 0) is 12.3 Å². The summed E-state index contributed by atoms with van der Waals surface area (Å²) >= 11 is 0. The first kappa shape index (κ1) is 12.1. The SMILES string of the molecule is CC(C)(C)c1nc(C(=O)NCCC2CC2)n[nH]1. The Kier molecular flexibility index (Phi) is 3.17. The standard InChI is InChI=1S/C12H20N4O/c1-12(2,3)11-14-9(15-16-11)10(17)13-7-6-8-4-5-8/h8H,4-7H2,1-3H3,(H,13,17)(H,14,15,16). The second-order valence-corrected chi connectivity index (χ2v) is 5.75. The molecule has 0 unspecified atom stereocenters. The molecule has 0 aliphatic heterocycles.